The van der Waals surface area contributed by atoms with Crippen molar-refractivity contribution in [2.24, 2.45) is 0 Å². The van der Waals surface area contributed by atoms with Crippen molar-refractivity contribution in [3.63, 3.8) is 0 Å². The van der Waals surface area contributed by atoms with Crippen molar-refractivity contribution in [1.82, 2.24) is 14.9 Å². The first-order valence-electron chi connectivity index (χ1n) is 7.81. The minimum Gasteiger partial charge on any atom is -0.438 e. The van der Waals surface area contributed by atoms with Crippen molar-refractivity contribution >= 4 is 28.3 Å². The Bertz CT molecular complexity index is 821. The monoisotopic (exact) mass is 327 g/mol. The van der Waals surface area contributed by atoms with E-state index in [0.29, 0.717) is 10.8 Å². The maximum Gasteiger partial charge on any atom is 0.266 e. The summed E-state index contributed by atoms with van der Waals surface area (Å²) in [6.07, 6.45) is 4.64. The van der Waals surface area contributed by atoms with Crippen molar-refractivity contribution < 1.29 is 9.21 Å². The lowest BCUT2D eigenvalue weighted by molar-refractivity contribution is 0.0579. The van der Waals surface area contributed by atoms with Crippen LogP contribution in [0.1, 0.15) is 45.9 Å². The first-order chi connectivity index (χ1) is 11.2. The molecule has 3 aromatic rings. The molecule has 0 N–H and O–H groups in total. The molecule has 1 aliphatic rings. The highest BCUT2D eigenvalue weighted by molar-refractivity contribution is 7.13. The largest absolute Gasteiger partial charge is 0.438 e. The fourth-order valence-electron chi connectivity index (χ4n) is 3.07. The van der Waals surface area contributed by atoms with E-state index in [2.05, 4.69) is 9.97 Å². The molecule has 0 saturated carbocycles. The van der Waals surface area contributed by atoms with Crippen molar-refractivity contribution in [2.45, 2.75) is 32.2 Å². The third-order valence-electron chi connectivity index (χ3n) is 4.19. The minimum absolute atomic E-state index is 0.0301. The summed E-state index contributed by atoms with van der Waals surface area (Å²) in [6, 6.07) is 7.63. The van der Waals surface area contributed by atoms with Crippen LogP contribution in [-0.4, -0.2) is 27.3 Å². The molecule has 5 nitrogen and oxygen atoms in total. The lowest BCUT2D eigenvalue weighted by Crippen LogP contribution is -2.38. The van der Waals surface area contributed by atoms with Crippen LogP contribution in [-0.2, 0) is 0 Å². The number of carbonyl (C=O) groups excluding carboxylic acids is 1. The highest BCUT2D eigenvalue weighted by Crippen LogP contribution is 2.33. The normalized spacial score (nSPS) is 18.5. The Hall–Kier alpha value is -2.21. The summed E-state index contributed by atoms with van der Waals surface area (Å²) in [4.78, 5) is 24.2. The lowest BCUT2D eigenvalue weighted by atomic mass is 10.0. The Morgan fingerprint density at radius 2 is 2.22 bits per heavy atom. The van der Waals surface area contributed by atoms with E-state index < -0.39 is 0 Å². The van der Waals surface area contributed by atoms with Crippen LogP contribution in [0.2, 0.25) is 0 Å². The lowest BCUT2D eigenvalue weighted by Gasteiger charge is -2.33. The van der Waals surface area contributed by atoms with Crippen LogP contribution in [0.15, 0.2) is 34.9 Å². The second kappa shape index (κ2) is 5.77. The minimum atomic E-state index is -0.0916. The molecule has 6 heteroatoms. The number of hydrogen-bond acceptors (Lipinski definition) is 5. The van der Waals surface area contributed by atoms with Crippen LogP contribution in [0.3, 0.4) is 0 Å². The third kappa shape index (κ3) is 2.63. The highest BCUT2D eigenvalue weighted by atomic mass is 32.1. The predicted octanol–water partition coefficient (Wildman–Crippen LogP) is 3.96. The second-order valence-electron chi connectivity index (χ2n) is 5.77. The van der Waals surface area contributed by atoms with Crippen molar-refractivity contribution in [1.29, 1.82) is 0 Å². The molecular weight excluding hydrogens is 310 g/mol. The fourth-order valence-corrected chi connectivity index (χ4v) is 3.80. The van der Waals surface area contributed by atoms with Crippen LogP contribution in [0.4, 0.5) is 0 Å². The molecule has 1 amide bonds. The van der Waals surface area contributed by atoms with E-state index in [1.807, 2.05) is 36.1 Å². The van der Waals surface area contributed by atoms with Gasteiger partial charge >= 0.3 is 0 Å². The molecule has 2 aromatic heterocycles. The van der Waals surface area contributed by atoms with Crippen molar-refractivity contribution in [2.75, 3.05) is 6.54 Å². The summed E-state index contributed by atoms with van der Waals surface area (Å²) in [5, 5.41) is 0.906. The number of aromatic nitrogens is 2. The summed E-state index contributed by atoms with van der Waals surface area (Å²) in [5.74, 6) is 0.669. The van der Waals surface area contributed by atoms with Gasteiger partial charge in [-0.05, 0) is 38.3 Å². The van der Waals surface area contributed by atoms with Gasteiger partial charge in [-0.15, -0.1) is 11.3 Å². The van der Waals surface area contributed by atoms with Crippen LogP contribution in [0.5, 0.6) is 0 Å². The number of piperidine rings is 1. The zero-order valence-electron chi connectivity index (χ0n) is 12.9. The molecule has 4 rings (SSSR count). The number of benzene rings is 1. The number of aryl methyl sites for hydroxylation is 1. The maximum absolute atomic E-state index is 12.8. The van der Waals surface area contributed by atoms with Gasteiger partial charge in [-0.2, -0.15) is 0 Å². The highest BCUT2D eigenvalue weighted by Gasteiger charge is 2.32. The molecule has 1 aromatic carbocycles. The summed E-state index contributed by atoms with van der Waals surface area (Å²) < 4.78 is 5.91. The molecule has 0 spiro atoms. The number of rotatable bonds is 2. The topological polar surface area (TPSA) is 59.2 Å². The second-order valence-corrected chi connectivity index (χ2v) is 7.01. The predicted molar refractivity (Wildman–Crippen MR) is 88.5 cm³/mol. The van der Waals surface area contributed by atoms with Crippen LogP contribution in [0, 0.1) is 6.92 Å². The summed E-state index contributed by atoms with van der Waals surface area (Å²) >= 11 is 1.44. The molecule has 1 atom stereocenters. The van der Waals surface area contributed by atoms with E-state index in [4.69, 9.17) is 4.42 Å². The molecule has 1 aliphatic heterocycles. The summed E-state index contributed by atoms with van der Waals surface area (Å²) in [5.41, 5.74) is 1.61. The Kier molecular flexibility index (Phi) is 3.61. The van der Waals surface area contributed by atoms with Crippen LogP contribution in [0.25, 0.3) is 11.1 Å². The SMILES string of the molecule is Cc1ncc(C(=O)N2CCCCC2c2nc3ccccc3o2)s1. The number of hydrogen-bond donors (Lipinski definition) is 0. The molecule has 0 aliphatic carbocycles. The van der Waals surface area contributed by atoms with Gasteiger partial charge in [0.15, 0.2) is 5.58 Å². The average Bonchev–Trinajstić information content (AvgIpc) is 3.20. The van der Waals surface area contributed by atoms with Gasteiger partial charge in [-0.25, -0.2) is 9.97 Å². The van der Waals surface area contributed by atoms with Gasteiger partial charge < -0.3 is 9.32 Å². The smallest absolute Gasteiger partial charge is 0.266 e. The Labute approximate surface area is 138 Å². The van der Waals surface area contributed by atoms with E-state index in [9.17, 15) is 4.79 Å². The summed E-state index contributed by atoms with van der Waals surface area (Å²) in [6.45, 7) is 2.65. The first-order valence-corrected chi connectivity index (χ1v) is 8.63. The Morgan fingerprint density at radius 3 is 3.00 bits per heavy atom. The Morgan fingerprint density at radius 1 is 1.35 bits per heavy atom. The zero-order valence-corrected chi connectivity index (χ0v) is 13.7. The van der Waals surface area contributed by atoms with Gasteiger partial charge in [-0.1, -0.05) is 12.1 Å². The van der Waals surface area contributed by atoms with E-state index in [1.165, 1.54) is 11.3 Å². The molecular formula is C17H17N3O2S. The van der Waals surface area contributed by atoms with Gasteiger partial charge in [-0.3, -0.25) is 4.79 Å². The average molecular weight is 327 g/mol. The number of likely N-dealkylation sites (tertiary alicyclic amines) is 1. The standard InChI is InChI=1S/C17H17N3O2S/c1-11-18-10-15(23-11)17(21)20-9-5-4-7-13(20)16-19-12-6-2-3-8-14(12)22-16/h2-3,6,8,10,13H,4-5,7,9H2,1H3. The molecule has 1 fully saturated rings. The fraction of sp³-hybridized carbons (Fsp3) is 0.353. The summed E-state index contributed by atoms with van der Waals surface area (Å²) in [7, 11) is 0. The van der Waals surface area contributed by atoms with Gasteiger partial charge in [0.25, 0.3) is 5.91 Å². The van der Waals surface area contributed by atoms with Crippen molar-refractivity contribution in [3.8, 4) is 0 Å². The number of fused-ring (bicyclic) bond motifs is 1. The van der Waals surface area contributed by atoms with Gasteiger partial charge in [0.1, 0.15) is 16.4 Å². The quantitative estimate of drug-likeness (QED) is 0.715. The van der Waals surface area contributed by atoms with Gasteiger partial charge in [0.2, 0.25) is 5.89 Å². The number of oxazole rings is 1. The number of amides is 1. The number of nitrogens with zero attached hydrogens (tertiary/aromatic N) is 3. The number of para-hydroxylation sites is 2. The van der Waals surface area contributed by atoms with E-state index >= 15 is 0 Å². The van der Waals surface area contributed by atoms with Crippen LogP contribution < -0.4 is 0 Å². The molecule has 23 heavy (non-hydrogen) atoms. The molecule has 0 bridgehead atoms. The molecule has 118 valence electrons. The molecule has 1 saturated heterocycles. The molecule has 3 heterocycles. The molecule has 1 unspecified atom stereocenters. The van der Waals surface area contributed by atoms with Gasteiger partial charge in [0.05, 0.1) is 11.2 Å². The zero-order chi connectivity index (χ0) is 15.8. The van der Waals surface area contributed by atoms with Crippen LogP contribution >= 0.6 is 11.3 Å². The first kappa shape index (κ1) is 14.4. The van der Waals surface area contributed by atoms with Crippen molar-refractivity contribution in [3.05, 3.63) is 46.2 Å². The van der Waals surface area contributed by atoms with Gasteiger partial charge in [0, 0.05) is 6.54 Å². The number of thiazole rings is 1. The third-order valence-corrected chi connectivity index (χ3v) is 5.09. The van der Waals surface area contributed by atoms with E-state index in [-0.39, 0.29) is 11.9 Å². The maximum atomic E-state index is 12.8. The van der Waals surface area contributed by atoms with E-state index in [0.717, 1.165) is 41.9 Å². The number of carbonyl (C=O) groups is 1. The molecule has 0 radical (unpaired) electrons. The Balaban J connectivity index is 1.68. The van der Waals surface area contributed by atoms with E-state index in [1.54, 1.807) is 6.20 Å².